The highest BCUT2D eigenvalue weighted by Crippen LogP contribution is 2.29. The van der Waals surface area contributed by atoms with E-state index in [2.05, 4.69) is 36.6 Å². The first kappa shape index (κ1) is 19.0. The standard InChI is InChI=1S/C22H26N2O3/c1-14(2)12-16-8-10-17(11-9-16)15(3)23-21(25)13-20-22(26)24-18-6-4-5-7-19(18)27-20/h4-11,14-15,20H,12-13H2,1-3H3,(H,23,25)(H,24,26)/t15-,20+/m0/s1. The van der Waals surface area contributed by atoms with Crippen LogP contribution in [0.25, 0.3) is 0 Å². The minimum atomic E-state index is -0.819. The van der Waals surface area contributed by atoms with E-state index in [1.807, 2.05) is 31.2 Å². The van der Waals surface area contributed by atoms with E-state index in [0.717, 1.165) is 12.0 Å². The molecule has 0 spiro atoms. The number of carbonyl (C=O) groups excluding carboxylic acids is 2. The molecule has 0 fully saturated rings. The number of nitrogens with one attached hydrogen (secondary N) is 2. The number of benzene rings is 2. The van der Waals surface area contributed by atoms with Crippen LogP contribution in [0, 0.1) is 5.92 Å². The van der Waals surface area contributed by atoms with E-state index in [4.69, 9.17) is 4.74 Å². The van der Waals surface area contributed by atoms with E-state index in [1.165, 1.54) is 5.56 Å². The van der Waals surface area contributed by atoms with Gasteiger partial charge in [-0.1, -0.05) is 50.2 Å². The number of rotatable bonds is 6. The molecule has 0 bridgehead atoms. The van der Waals surface area contributed by atoms with Gasteiger partial charge < -0.3 is 15.4 Å². The summed E-state index contributed by atoms with van der Waals surface area (Å²) in [4.78, 5) is 24.6. The average Bonchev–Trinajstić information content (AvgIpc) is 2.62. The number of hydrogen-bond acceptors (Lipinski definition) is 3. The minimum Gasteiger partial charge on any atom is -0.478 e. The number of ether oxygens (including phenoxy) is 1. The van der Waals surface area contributed by atoms with Gasteiger partial charge in [-0.15, -0.1) is 0 Å². The molecule has 0 radical (unpaired) electrons. The second-order valence-electron chi connectivity index (χ2n) is 7.42. The predicted molar refractivity (Wildman–Crippen MR) is 106 cm³/mol. The van der Waals surface area contributed by atoms with Crippen molar-refractivity contribution in [1.29, 1.82) is 0 Å². The third-order valence-corrected chi connectivity index (χ3v) is 4.58. The number of para-hydroxylation sites is 2. The van der Waals surface area contributed by atoms with Crippen molar-refractivity contribution in [2.45, 2.75) is 45.8 Å². The fourth-order valence-electron chi connectivity index (χ4n) is 3.19. The summed E-state index contributed by atoms with van der Waals surface area (Å²) in [5.41, 5.74) is 2.96. The zero-order valence-corrected chi connectivity index (χ0v) is 16.0. The molecular formula is C22H26N2O3. The Kier molecular flexibility index (Phi) is 5.79. The van der Waals surface area contributed by atoms with Crippen molar-refractivity contribution in [2.75, 3.05) is 5.32 Å². The molecule has 1 heterocycles. The first-order valence-corrected chi connectivity index (χ1v) is 9.37. The molecule has 0 unspecified atom stereocenters. The third-order valence-electron chi connectivity index (χ3n) is 4.58. The zero-order chi connectivity index (χ0) is 19.4. The summed E-state index contributed by atoms with van der Waals surface area (Å²) in [7, 11) is 0. The van der Waals surface area contributed by atoms with Gasteiger partial charge in [-0.05, 0) is 42.5 Å². The van der Waals surface area contributed by atoms with Crippen LogP contribution in [-0.4, -0.2) is 17.9 Å². The van der Waals surface area contributed by atoms with Gasteiger partial charge in [-0.3, -0.25) is 9.59 Å². The Bertz CT molecular complexity index is 815. The van der Waals surface area contributed by atoms with Gasteiger partial charge in [0, 0.05) is 0 Å². The van der Waals surface area contributed by atoms with Crippen LogP contribution in [0.2, 0.25) is 0 Å². The van der Waals surface area contributed by atoms with Gasteiger partial charge in [0.1, 0.15) is 5.75 Å². The van der Waals surface area contributed by atoms with Gasteiger partial charge in [-0.25, -0.2) is 0 Å². The van der Waals surface area contributed by atoms with Crippen LogP contribution in [0.1, 0.15) is 44.4 Å². The van der Waals surface area contributed by atoms with Crippen LogP contribution in [0.4, 0.5) is 5.69 Å². The van der Waals surface area contributed by atoms with Crippen molar-refractivity contribution in [3.63, 3.8) is 0 Å². The molecule has 0 aromatic heterocycles. The number of hydrogen-bond donors (Lipinski definition) is 2. The summed E-state index contributed by atoms with van der Waals surface area (Å²) in [5, 5.41) is 5.73. The summed E-state index contributed by atoms with van der Waals surface area (Å²) in [5.74, 6) is 0.686. The van der Waals surface area contributed by atoms with Crippen molar-refractivity contribution >= 4 is 17.5 Å². The topological polar surface area (TPSA) is 67.4 Å². The smallest absolute Gasteiger partial charge is 0.266 e. The molecule has 0 saturated heterocycles. The van der Waals surface area contributed by atoms with Crippen LogP contribution >= 0.6 is 0 Å². The largest absolute Gasteiger partial charge is 0.478 e. The maximum absolute atomic E-state index is 12.4. The highest BCUT2D eigenvalue weighted by molar-refractivity contribution is 5.99. The SMILES string of the molecule is CC(C)Cc1ccc([C@H](C)NC(=O)C[C@H]2Oc3ccccc3NC2=O)cc1. The molecule has 27 heavy (non-hydrogen) atoms. The van der Waals surface area contributed by atoms with Gasteiger partial charge in [-0.2, -0.15) is 0 Å². The number of fused-ring (bicyclic) bond motifs is 1. The molecule has 0 saturated carbocycles. The maximum Gasteiger partial charge on any atom is 0.266 e. The first-order chi connectivity index (χ1) is 12.9. The summed E-state index contributed by atoms with van der Waals surface area (Å²) < 4.78 is 5.68. The monoisotopic (exact) mass is 366 g/mol. The predicted octanol–water partition coefficient (Wildman–Crippen LogP) is 3.85. The van der Waals surface area contributed by atoms with Crippen LogP contribution in [0.15, 0.2) is 48.5 Å². The van der Waals surface area contributed by atoms with Crippen LogP contribution in [-0.2, 0) is 16.0 Å². The molecule has 2 N–H and O–H groups in total. The molecule has 2 amide bonds. The van der Waals surface area contributed by atoms with E-state index < -0.39 is 6.10 Å². The maximum atomic E-state index is 12.4. The third kappa shape index (κ3) is 4.88. The Morgan fingerprint density at radius 1 is 1.11 bits per heavy atom. The molecule has 1 aliphatic heterocycles. The van der Waals surface area contributed by atoms with Crippen LogP contribution in [0.5, 0.6) is 5.75 Å². The van der Waals surface area contributed by atoms with E-state index in [-0.39, 0.29) is 24.3 Å². The lowest BCUT2D eigenvalue weighted by Crippen LogP contribution is -2.41. The fourth-order valence-corrected chi connectivity index (χ4v) is 3.19. The van der Waals surface area contributed by atoms with Gasteiger partial charge in [0.05, 0.1) is 18.2 Å². The molecule has 3 rings (SSSR count). The van der Waals surface area contributed by atoms with E-state index >= 15 is 0 Å². The Labute approximate surface area is 160 Å². The van der Waals surface area contributed by atoms with Crippen molar-refractivity contribution in [3.8, 4) is 5.75 Å². The lowest BCUT2D eigenvalue weighted by molar-refractivity contribution is -0.130. The average molecular weight is 366 g/mol. The number of anilines is 1. The quantitative estimate of drug-likeness (QED) is 0.816. The minimum absolute atomic E-state index is 0.0179. The Balaban J connectivity index is 1.56. The summed E-state index contributed by atoms with van der Waals surface area (Å²) in [6.45, 7) is 6.32. The number of amides is 2. The Morgan fingerprint density at radius 3 is 2.52 bits per heavy atom. The van der Waals surface area contributed by atoms with Crippen molar-refractivity contribution in [1.82, 2.24) is 5.32 Å². The zero-order valence-electron chi connectivity index (χ0n) is 16.0. The summed E-state index contributed by atoms with van der Waals surface area (Å²) >= 11 is 0. The molecule has 142 valence electrons. The van der Waals surface area contributed by atoms with Gasteiger partial charge in [0.25, 0.3) is 5.91 Å². The first-order valence-electron chi connectivity index (χ1n) is 9.37. The van der Waals surface area contributed by atoms with E-state index in [9.17, 15) is 9.59 Å². The fraction of sp³-hybridized carbons (Fsp3) is 0.364. The van der Waals surface area contributed by atoms with Crippen molar-refractivity contribution in [3.05, 3.63) is 59.7 Å². The Morgan fingerprint density at radius 2 is 1.81 bits per heavy atom. The molecule has 2 aromatic carbocycles. The van der Waals surface area contributed by atoms with Gasteiger partial charge in [0.15, 0.2) is 6.10 Å². The molecule has 0 aliphatic carbocycles. The van der Waals surface area contributed by atoms with Crippen LogP contribution in [0.3, 0.4) is 0 Å². The molecular weight excluding hydrogens is 340 g/mol. The molecule has 5 nitrogen and oxygen atoms in total. The van der Waals surface area contributed by atoms with Gasteiger partial charge >= 0.3 is 0 Å². The van der Waals surface area contributed by atoms with E-state index in [0.29, 0.717) is 17.4 Å². The normalized spacial score (nSPS) is 16.9. The lowest BCUT2D eigenvalue weighted by atomic mass is 10.00. The highest BCUT2D eigenvalue weighted by atomic mass is 16.5. The molecule has 5 heteroatoms. The highest BCUT2D eigenvalue weighted by Gasteiger charge is 2.29. The van der Waals surface area contributed by atoms with Crippen molar-refractivity contribution < 1.29 is 14.3 Å². The van der Waals surface area contributed by atoms with Crippen LogP contribution < -0.4 is 15.4 Å². The molecule has 1 aliphatic rings. The van der Waals surface area contributed by atoms with Gasteiger partial charge in [0.2, 0.25) is 5.91 Å². The summed E-state index contributed by atoms with van der Waals surface area (Å²) in [6.07, 6.45) is 0.201. The second kappa shape index (κ2) is 8.25. The summed E-state index contributed by atoms with van der Waals surface area (Å²) in [6, 6.07) is 15.4. The molecule has 2 aromatic rings. The lowest BCUT2D eigenvalue weighted by Gasteiger charge is -2.26. The second-order valence-corrected chi connectivity index (χ2v) is 7.42. The van der Waals surface area contributed by atoms with Crippen molar-refractivity contribution in [2.24, 2.45) is 5.92 Å². The number of carbonyl (C=O) groups is 2. The van der Waals surface area contributed by atoms with E-state index in [1.54, 1.807) is 12.1 Å². The molecule has 2 atom stereocenters. The Hall–Kier alpha value is -2.82.